The Balaban J connectivity index is 1.59. The molecule has 7 heteroatoms. The zero-order valence-electron chi connectivity index (χ0n) is 14.9. The van der Waals surface area contributed by atoms with Gasteiger partial charge in [0, 0.05) is 24.8 Å². The maximum atomic E-state index is 12.3. The Morgan fingerprint density at radius 1 is 1.31 bits per heavy atom. The summed E-state index contributed by atoms with van der Waals surface area (Å²) in [6.07, 6.45) is 1.89. The molecule has 0 unspecified atom stereocenters. The maximum Gasteiger partial charge on any atom is 0.320 e. The van der Waals surface area contributed by atoms with Crippen LogP contribution in [0.25, 0.3) is 0 Å². The molecule has 1 fully saturated rings. The van der Waals surface area contributed by atoms with E-state index >= 15 is 0 Å². The predicted octanol–water partition coefficient (Wildman–Crippen LogP) is 2.72. The van der Waals surface area contributed by atoms with Crippen molar-refractivity contribution in [3.8, 4) is 5.75 Å². The molecule has 1 aromatic carbocycles. The van der Waals surface area contributed by atoms with Gasteiger partial charge in [-0.05, 0) is 49.7 Å². The third-order valence-corrected chi connectivity index (χ3v) is 4.16. The minimum absolute atomic E-state index is 0.0199. The minimum Gasteiger partial charge on any atom is -0.494 e. The van der Waals surface area contributed by atoms with E-state index < -0.39 is 0 Å². The highest BCUT2D eigenvalue weighted by Gasteiger charge is 2.31. The van der Waals surface area contributed by atoms with Crippen molar-refractivity contribution in [1.29, 1.82) is 0 Å². The van der Waals surface area contributed by atoms with Gasteiger partial charge in [0.15, 0.2) is 0 Å². The molecular weight excluding hydrogens is 332 g/mol. The molecule has 3 amide bonds. The molecule has 1 atom stereocenters. The number of hydrogen-bond donors (Lipinski definition) is 2. The monoisotopic (exact) mass is 354 g/mol. The van der Waals surface area contributed by atoms with Gasteiger partial charge < -0.3 is 15.0 Å². The SMILES string of the molecule is CCOc1ccc(N2C[C@@H](NC(=O)Nc3ncccc3C)CC2=O)cc1. The molecule has 0 radical (unpaired) electrons. The summed E-state index contributed by atoms with van der Waals surface area (Å²) in [5.41, 5.74) is 1.67. The number of hydrogen-bond acceptors (Lipinski definition) is 4. The number of aryl methyl sites for hydroxylation is 1. The number of urea groups is 1. The van der Waals surface area contributed by atoms with E-state index in [1.54, 1.807) is 11.1 Å². The Bertz CT molecular complexity index is 792. The lowest BCUT2D eigenvalue weighted by Crippen LogP contribution is -2.40. The first kappa shape index (κ1) is 17.7. The van der Waals surface area contributed by atoms with Gasteiger partial charge in [-0.25, -0.2) is 9.78 Å². The van der Waals surface area contributed by atoms with Crippen molar-refractivity contribution in [3.63, 3.8) is 0 Å². The average molecular weight is 354 g/mol. The van der Waals surface area contributed by atoms with E-state index in [1.165, 1.54) is 0 Å². The lowest BCUT2D eigenvalue weighted by Gasteiger charge is -2.18. The molecule has 7 nitrogen and oxygen atoms in total. The molecule has 2 heterocycles. The molecule has 0 spiro atoms. The number of nitrogens with zero attached hydrogens (tertiary/aromatic N) is 2. The summed E-state index contributed by atoms with van der Waals surface area (Å²) in [4.78, 5) is 30.3. The van der Waals surface area contributed by atoms with Gasteiger partial charge in [-0.3, -0.25) is 10.1 Å². The van der Waals surface area contributed by atoms with E-state index in [9.17, 15) is 9.59 Å². The molecule has 2 N–H and O–H groups in total. The number of amides is 3. The molecule has 3 rings (SSSR count). The Morgan fingerprint density at radius 2 is 2.08 bits per heavy atom. The predicted molar refractivity (Wildman–Crippen MR) is 99.5 cm³/mol. The van der Waals surface area contributed by atoms with Crippen molar-refractivity contribution in [2.75, 3.05) is 23.4 Å². The molecule has 136 valence electrons. The van der Waals surface area contributed by atoms with Crippen LogP contribution < -0.4 is 20.3 Å². The Kier molecular flexibility index (Phi) is 5.36. The Labute approximate surface area is 152 Å². The second-order valence-electron chi connectivity index (χ2n) is 6.10. The van der Waals surface area contributed by atoms with E-state index in [4.69, 9.17) is 4.74 Å². The molecule has 1 aliphatic rings. The minimum atomic E-state index is -0.363. The van der Waals surface area contributed by atoms with Crippen LogP contribution in [-0.4, -0.2) is 36.1 Å². The zero-order chi connectivity index (χ0) is 18.5. The number of nitrogens with one attached hydrogen (secondary N) is 2. The topological polar surface area (TPSA) is 83.6 Å². The van der Waals surface area contributed by atoms with Crippen LogP contribution in [0.15, 0.2) is 42.6 Å². The number of anilines is 2. The first-order valence-electron chi connectivity index (χ1n) is 8.59. The van der Waals surface area contributed by atoms with E-state index in [-0.39, 0.29) is 24.4 Å². The van der Waals surface area contributed by atoms with Crippen LogP contribution in [0.1, 0.15) is 18.9 Å². The van der Waals surface area contributed by atoms with E-state index in [2.05, 4.69) is 15.6 Å². The molecule has 1 saturated heterocycles. The van der Waals surface area contributed by atoms with Gasteiger partial charge in [-0.15, -0.1) is 0 Å². The zero-order valence-corrected chi connectivity index (χ0v) is 14.9. The summed E-state index contributed by atoms with van der Waals surface area (Å²) < 4.78 is 5.42. The normalized spacial score (nSPS) is 16.5. The van der Waals surface area contributed by atoms with Gasteiger partial charge >= 0.3 is 6.03 Å². The van der Waals surface area contributed by atoms with Gasteiger partial charge in [0.05, 0.1) is 12.6 Å². The number of aromatic nitrogens is 1. The summed E-state index contributed by atoms with van der Waals surface area (Å²) in [6, 6.07) is 10.4. The average Bonchev–Trinajstić information content (AvgIpc) is 2.98. The number of carbonyl (C=O) groups excluding carboxylic acids is 2. The number of benzene rings is 1. The largest absolute Gasteiger partial charge is 0.494 e. The lowest BCUT2D eigenvalue weighted by molar-refractivity contribution is -0.117. The van der Waals surface area contributed by atoms with Crippen LogP contribution in [0.4, 0.5) is 16.3 Å². The Hall–Kier alpha value is -3.09. The maximum absolute atomic E-state index is 12.3. The highest BCUT2D eigenvalue weighted by Crippen LogP contribution is 2.24. The van der Waals surface area contributed by atoms with Crippen LogP contribution >= 0.6 is 0 Å². The van der Waals surface area contributed by atoms with E-state index in [1.807, 2.05) is 50.2 Å². The summed E-state index contributed by atoms with van der Waals surface area (Å²) in [6.45, 7) is 4.82. The highest BCUT2D eigenvalue weighted by atomic mass is 16.5. The third kappa shape index (κ3) is 4.11. The van der Waals surface area contributed by atoms with Gasteiger partial charge in [0.2, 0.25) is 5.91 Å². The smallest absolute Gasteiger partial charge is 0.320 e. The van der Waals surface area contributed by atoms with Crippen molar-refractivity contribution in [1.82, 2.24) is 10.3 Å². The van der Waals surface area contributed by atoms with Crippen molar-refractivity contribution in [3.05, 3.63) is 48.2 Å². The fraction of sp³-hybridized carbons (Fsp3) is 0.316. The van der Waals surface area contributed by atoms with Crippen molar-refractivity contribution in [2.24, 2.45) is 0 Å². The van der Waals surface area contributed by atoms with Gasteiger partial charge in [-0.2, -0.15) is 0 Å². The number of pyridine rings is 1. The fourth-order valence-electron chi connectivity index (χ4n) is 2.89. The van der Waals surface area contributed by atoms with Crippen LogP contribution in [0.3, 0.4) is 0 Å². The number of carbonyl (C=O) groups is 2. The molecule has 0 bridgehead atoms. The standard InChI is InChI=1S/C19H22N4O3/c1-3-26-16-8-6-15(7-9-16)23-12-14(11-17(23)24)21-19(25)22-18-13(2)5-4-10-20-18/h4-10,14H,3,11-12H2,1-2H3,(H2,20,21,22,25)/t14-/m0/s1. The highest BCUT2D eigenvalue weighted by molar-refractivity contribution is 5.97. The van der Waals surface area contributed by atoms with E-state index in [0.717, 1.165) is 17.0 Å². The third-order valence-electron chi connectivity index (χ3n) is 4.16. The van der Waals surface area contributed by atoms with Crippen LogP contribution in [0.2, 0.25) is 0 Å². The molecule has 0 saturated carbocycles. The van der Waals surface area contributed by atoms with E-state index in [0.29, 0.717) is 19.0 Å². The lowest BCUT2D eigenvalue weighted by atomic mass is 10.2. The summed E-state index contributed by atoms with van der Waals surface area (Å²) in [7, 11) is 0. The van der Waals surface area contributed by atoms with Gasteiger partial charge in [-0.1, -0.05) is 6.07 Å². The van der Waals surface area contributed by atoms with Crippen molar-refractivity contribution < 1.29 is 14.3 Å². The Morgan fingerprint density at radius 3 is 2.77 bits per heavy atom. The summed E-state index contributed by atoms with van der Waals surface area (Å²) in [5, 5.41) is 5.56. The number of rotatable bonds is 5. The molecule has 1 aromatic heterocycles. The molecule has 0 aliphatic carbocycles. The second-order valence-corrected chi connectivity index (χ2v) is 6.10. The van der Waals surface area contributed by atoms with Crippen molar-refractivity contribution in [2.45, 2.75) is 26.3 Å². The quantitative estimate of drug-likeness (QED) is 0.865. The second kappa shape index (κ2) is 7.86. The first-order chi connectivity index (χ1) is 12.6. The first-order valence-corrected chi connectivity index (χ1v) is 8.59. The number of ether oxygens (including phenoxy) is 1. The molecule has 26 heavy (non-hydrogen) atoms. The fourth-order valence-corrected chi connectivity index (χ4v) is 2.89. The van der Waals surface area contributed by atoms with Gasteiger partial charge in [0.25, 0.3) is 0 Å². The van der Waals surface area contributed by atoms with Crippen LogP contribution in [0, 0.1) is 6.92 Å². The van der Waals surface area contributed by atoms with Gasteiger partial charge in [0.1, 0.15) is 11.6 Å². The van der Waals surface area contributed by atoms with Crippen molar-refractivity contribution >= 4 is 23.4 Å². The molecule has 2 aromatic rings. The molecule has 1 aliphatic heterocycles. The van der Waals surface area contributed by atoms with Crippen LogP contribution in [-0.2, 0) is 4.79 Å². The molecular formula is C19H22N4O3. The van der Waals surface area contributed by atoms with Crippen LogP contribution in [0.5, 0.6) is 5.75 Å². The summed E-state index contributed by atoms with van der Waals surface area (Å²) >= 11 is 0. The summed E-state index contributed by atoms with van der Waals surface area (Å²) in [5.74, 6) is 1.26.